The molecule has 4 rings (SSSR count). The second-order valence-electron chi connectivity index (χ2n) is 6.27. The third-order valence-electron chi connectivity index (χ3n) is 4.42. The second kappa shape index (κ2) is 7.67. The van der Waals surface area contributed by atoms with E-state index in [0.717, 1.165) is 42.1 Å². The van der Waals surface area contributed by atoms with Crippen molar-refractivity contribution < 1.29 is 13.9 Å². The highest BCUT2D eigenvalue weighted by atomic mass is 16.5. The van der Waals surface area contributed by atoms with Crippen molar-refractivity contribution in [1.29, 1.82) is 0 Å². The molecule has 0 bridgehead atoms. The molecule has 0 radical (unpaired) electrons. The molecule has 8 nitrogen and oxygen atoms in total. The number of fused-ring (bicyclic) bond motifs is 1. The summed E-state index contributed by atoms with van der Waals surface area (Å²) >= 11 is 0. The summed E-state index contributed by atoms with van der Waals surface area (Å²) in [6.07, 6.45) is 5.13. The molecule has 0 amide bonds. The monoisotopic (exact) mass is 355 g/mol. The molecule has 0 fully saturated rings. The molecule has 1 N–H and O–H groups in total. The average Bonchev–Trinajstić information content (AvgIpc) is 3.28. The molecule has 3 aromatic heterocycles. The first kappa shape index (κ1) is 16.7. The Labute approximate surface area is 151 Å². The van der Waals surface area contributed by atoms with Gasteiger partial charge in [0.05, 0.1) is 44.1 Å². The number of rotatable bonds is 6. The van der Waals surface area contributed by atoms with E-state index in [9.17, 15) is 0 Å². The van der Waals surface area contributed by atoms with Gasteiger partial charge in [-0.2, -0.15) is 0 Å². The van der Waals surface area contributed by atoms with Gasteiger partial charge < -0.3 is 19.2 Å². The molecule has 1 aliphatic heterocycles. The zero-order valence-corrected chi connectivity index (χ0v) is 14.6. The van der Waals surface area contributed by atoms with Crippen LogP contribution in [0.2, 0.25) is 0 Å². The van der Waals surface area contributed by atoms with E-state index in [4.69, 9.17) is 13.9 Å². The van der Waals surface area contributed by atoms with Gasteiger partial charge in [-0.25, -0.2) is 9.67 Å². The van der Waals surface area contributed by atoms with Crippen LogP contribution in [0.15, 0.2) is 41.3 Å². The highest BCUT2D eigenvalue weighted by Crippen LogP contribution is 2.30. The minimum absolute atomic E-state index is 0.313. The third kappa shape index (κ3) is 3.47. The lowest BCUT2D eigenvalue weighted by molar-refractivity contribution is 0.0941. The molecular weight excluding hydrogens is 334 g/mol. The quantitative estimate of drug-likeness (QED) is 0.722. The van der Waals surface area contributed by atoms with E-state index in [1.807, 2.05) is 22.9 Å². The van der Waals surface area contributed by atoms with Crippen molar-refractivity contribution in [2.75, 3.05) is 20.3 Å². The average molecular weight is 355 g/mol. The van der Waals surface area contributed by atoms with Gasteiger partial charge in [0.25, 0.3) is 0 Å². The fourth-order valence-electron chi connectivity index (χ4n) is 3.12. The lowest BCUT2D eigenvalue weighted by Crippen LogP contribution is -2.28. The summed E-state index contributed by atoms with van der Waals surface area (Å²) in [6, 6.07) is 5.76. The molecule has 1 unspecified atom stereocenters. The van der Waals surface area contributed by atoms with E-state index in [0.29, 0.717) is 25.0 Å². The van der Waals surface area contributed by atoms with Gasteiger partial charge in [0.2, 0.25) is 5.88 Å². The Morgan fingerprint density at radius 2 is 2.35 bits per heavy atom. The van der Waals surface area contributed by atoms with Gasteiger partial charge in [-0.3, -0.25) is 0 Å². The lowest BCUT2D eigenvalue weighted by Gasteiger charge is -2.14. The maximum Gasteiger partial charge on any atom is 0.222 e. The minimum atomic E-state index is 0.313. The van der Waals surface area contributed by atoms with Gasteiger partial charge in [0, 0.05) is 37.3 Å². The summed E-state index contributed by atoms with van der Waals surface area (Å²) in [5, 5.41) is 12.1. The van der Waals surface area contributed by atoms with Crippen LogP contribution in [-0.4, -0.2) is 40.2 Å². The van der Waals surface area contributed by atoms with Crippen molar-refractivity contribution in [3.8, 4) is 17.1 Å². The standard InChI is InChI=1S/C18H21N5O3/c1-24-18-15(3-2-5-20-18)17-16-12-26-11-14(9-23(16)22-21-17)8-19-7-13-4-6-25-10-13/h2-6,10,14,19H,7-9,11-12H2,1H3. The van der Waals surface area contributed by atoms with Crippen LogP contribution in [0.1, 0.15) is 11.3 Å². The van der Waals surface area contributed by atoms with Crippen LogP contribution < -0.4 is 10.1 Å². The van der Waals surface area contributed by atoms with Gasteiger partial charge in [-0.15, -0.1) is 5.10 Å². The number of aromatic nitrogens is 4. The van der Waals surface area contributed by atoms with E-state index >= 15 is 0 Å². The first-order chi connectivity index (χ1) is 12.8. The van der Waals surface area contributed by atoms with Crippen LogP contribution in [0.3, 0.4) is 0 Å². The SMILES string of the molecule is COc1ncccc1-c1nnn2c1COCC(CNCc1ccoc1)C2. The Bertz CT molecular complexity index is 846. The summed E-state index contributed by atoms with van der Waals surface area (Å²) in [6.45, 7) is 3.50. The molecule has 1 aliphatic rings. The van der Waals surface area contributed by atoms with Crippen molar-refractivity contribution in [3.05, 3.63) is 48.2 Å². The predicted molar refractivity (Wildman–Crippen MR) is 93.4 cm³/mol. The molecule has 136 valence electrons. The Morgan fingerprint density at radius 3 is 3.19 bits per heavy atom. The fourth-order valence-corrected chi connectivity index (χ4v) is 3.12. The number of pyridine rings is 1. The number of hydrogen-bond acceptors (Lipinski definition) is 7. The minimum Gasteiger partial charge on any atom is -0.481 e. The number of hydrogen-bond donors (Lipinski definition) is 1. The number of furan rings is 1. The molecular formula is C18H21N5O3. The van der Waals surface area contributed by atoms with Crippen LogP contribution in [0.5, 0.6) is 5.88 Å². The summed E-state index contributed by atoms with van der Waals surface area (Å²) < 4.78 is 18.3. The Hall–Kier alpha value is -2.71. The van der Waals surface area contributed by atoms with Gasteiger partial charge in [-0.05, 0) is 18.2 Å². The van der Waals surface area contributed by atoms with Crippen LogP contribution in [-0.2, 0) is 24.4 Å². The largest absolute Gasteiger partial charge is 0.481 e. The number of nitrogens with zero attached hydrogens (tertiary/aromatic N) is 4. The summed E-state index contributed by atoms with van der Waals surface area (Å²) in [4.78, 5) is 4.25. The predicted octanol–water partition coefficient (Wildman–Crippen LogP) is 1.88. The number of nitrogens with one attached hydrogen (secondary N) is 1. The van der Waals surface area contributed by atoms with Crippen LogP contribution >= 0.6 is 0 Å². The maximum atomic E-state index is 5.89. The first-order valence-electron chi connectivity index (χ1n) is 8.56. The Kier molecular flexibility index (Phi) is 4.94. The smallest absolute Gasteiger partial charge is 0.222 e. The van der Waals surface area contributed by atoms with Gasteiger partial charge >= 0.3 is 0 Å². The van der Waals surface area contributed by atoms with Crippen LogP contribution in [0, 0.1) is 5.92 Å². The van der Waals surface area contributed by atoms with E-state index in [1.54, 1.807) is 25.8 Å². The van der Waals surface area contributed by atoms with Crippen molar-refractivity contribution in [3.63, 3.8) is 0 Å². The topological polar surface area (TPSA) is 87.2 Å². The van der Waals surface area contributed by atoms with Crippen molar-refractivity contribution in [1.82, 2.24) is 25.3 Å². The van der Waals surface area contributed by atoms with E-state index in [1.165, 1.54) is 0 Å². The maximum absolute atomic E-state index is 5.89. The van der Waals surface area contributed by atoms with Gasteiger partial charge in [0.1, 0.15) is 5.69 Å². The molecule has 0 aliphatic carbocycles. The second-order valence-corrected chi connectivity index (χ2v) is 6.27. The van der Waals surface area contributed by atoms with Gasteiger partial charge in [-0.1, -0.05) is 5.21 Å². The van der Waals surface area contributed by atoms with E-state index in [2.05, 4.69) is 20.6 Å². The summed E-state index contributed by atoms with van der Waals surface area (Å²) in [5.74, 6) is 0.854. The molecule has 0 aromatic carbocycles. The molecule has 0 saturated heterocycles. The molecule has 4 heterocycles. The van der Waals surface area contributed by atoms with Crippen LogP contribution in [0.4, 0.5) is 0 Å². The summed E-state index contributed by atoms with van der Waals surface area (Å²) in [7, 11) is 1.60. The van der Waals surface area contributed by atoms with Gasteiger partial charge in [0.15, 0.2) is 0 Å². The zero-order chi connectivity index (χ0) is 17.8. The molecule has 8 heteroatoms. The van der Waals surface area contributed by atoms with Crippen LogP contribution in [0.25, 0.3) is 11.3 Å². The fraction of sp³-hybridized carbons (Fsp3) is 0.389. The highest BCUT2D eigenvalue weighted by Gasteiger charge is 2.24. The van der Waals surface area contributed by atoms with Crippen molar-refractivity contribution in [2.24, 2.45) is 5.92 Å². The zero-order valence-electron chi connectivity index (χ0n) is 14.6. The molecule has 1 atom stereocenters. The Balaban J connectivity index is 1.47. The highest BCUT2D eigenvalue weighted by molar-refractivity contribution is 5.66. The van der Waals surface area contributed by atoms with E-state index in [-0.39, 0.29) is 0 Å². The normalized spacial score (nSPS) is 16.9. The molecule has 3 aromatic rings. The Morgan fingerprint density at radius 1 is 1.38 bits per heavy atom. The molecule has 0 spiro atoms. The van der Waals surface area contributed by atoms with Crippen molar-refractivity contribution in [2.45, 2.75) is 19.7 Å². The number of ether oxygens (including phenoxy) is 2. The first-order valence-corrected chi connectivity index (χ1v) is 8.56. The summed E-state index contributed by atoms with van der Waals surface area (Å²) in [5.41, 5.74) is 3.68. The van der Waals surface area contributed by atoms with E-state index < -0.39 is 0 Å². The molecule has 0 saturated carbocycles. The van der Waals surface area contributed by atoms with Crippen molar-refractivity contribution >= 4 is 0 Å². The number of methoxy groups -OCH3 is 1. The third-order valence-corrected chi connectivity index (χ3v) is 4.42. The lowest BCUT2D eigenvalue weighted by atomic mass is 10.1. The molecule has 26 heavy (non-hydrogen) atoms.